The smallest absolute Gasteiger partial charge is 0.180 e. The fraction of sp³-hybridized carbons (Fsp3) is 0.267. The van der Waals surface area contributed by atoms with Gasteiger partial charge < -0.3 is 15.2 Å². The molecule has 0 fully saturated rings. The lowest BCUT2D eigenvalue weighted by Crippen LogP contribution is -2.04. The zero-order valence-corrected chi connectivity index (χ0v) is 13.9. The van der Waals surface area contributed by atoms with E-state index < -0.39 is 0 Å². The van der Waals surface area contributed by atoms with Gasteiger partial charge in [0.2, 0.25) is 0 Å². The molecule has 0 bridgehead atoms. The predicted octanol–water partition coefficient (Wildman–Crippen LogP) is 3.59. The minimum Gasteiger partial charge on any atom is -0.493 e. The summed E-state index contributed by atoms with van der Waals surface area (Å²) in [6.45, 7) is 0.877. The first-order chi connectivity index (χ1) is 10.1. The van der Waals surface area contributed by atoms with Crippen LogP contribution in [-0.2, 0) is 13.0 Å². The van der Waals surface area contributed by atoms with Crippen molar-refractivity contribution in [2.45, 2.75) is 13.0 Å². The summed E-state index contributed by atoms with van der Waals surface area (Å²) in [7, 11) is 1.59. The second-order valence-corrected chi connectivity index (χ2v) is 5.73. The molecule has 21 heavy (non-hydrogen) atoms. The summed E-state index contributed by atoms with van der Waals surface area (Å²) in [5.74, 6) is 1.12. The molecule has 1 aromatic heterocycles. The summed E-state index contributed by atoms with van der Waals surface area (Å²) in [6, 6.07) is 7.53. The van der Waals surface area contributed by atoms with Gasteiger partial charge in [-0.3, -0.25) is 4.98 Å². The Morgan fingerprint density at radius 1 is 1.33 bits per heavy atom. The molecule has 1 aromatic carbocycles. The average Bonchev–Trinajstić information content (AvgIpc) is 2.47. The van der Waals surface area contributed by atoms with E-state index in [0.29, 0.717) is 29.7 Å². The quantitative estimate of drug-likeness (QED) is 0.843. The van der Waals surface area contributed by atoms with Crippen LogP contribution in [0.1, 0.15) is 11.3 Å². The van der Waals surface area contributed by atoms with E-state index in [4.69, 9.17) is 26.8 Å². The number of nitrogens with two attached hydrogens (primary N) is 1. The highest BCUT2D eigenvalue weighted by Gasteiger charge is 2.12. The largest absolute Gasteiger partial charge is 0.493 e. The number of pyridine rings is 1. The van der Waals surface area contributed by atoms with Crippen LogP contribution in [0.4, 0.5) is 0 Å². The summed E-state index contributed by atoms with van der Waals surface area (Å²) in [5.41, 5.74) is 7.39. The Labute approximate surface area is 137 Å². The van der Waals surface area contributed by atoms with E-state index in [1.807, 2.05) is 24.3 Å². The Morgan fingerprint density at radius 3 is 2.76 bits per heavy atom. The molecular formula is C15H16BrClN2O2. The molecule has 0 saturated heterocycles. The Morgan fingerprint density at radius 2 is 2.14 bits per heavy atom. The molecule has 4 nitrogen and oxygen atoms in total. The molecule has 0 radical (unpaired) electrons. The van der Waals surface area contributed by atoms with E-state index >= 15 is 0 Å². The maximum Gasteiger partial charge on any atom is 0.180 e. The van der Waals surface area contributed by atoms with Gasteiger partial charge in [-0.15, -0.1) is 0 Å². The highest BCUT2D eigenvalue weighted by molar-refractivity contribution is 9.10. The summed E-state index contributed by atoms with van der Waals surface area (Å²) < 4.78 is 12.0. The third kappa shape index (κ3) is 4.33. The van der Waals surface area contributed by atoms with Crippen LogP contribution in [0.2, 0.25) is 5.02 Å². The van der Waals surface area contributed by atoms with Crippen LogP contribution in [-0.4, -0.2) is 18.6 Å². The van der Waals surface area contributed by atoms with E-state index in [2.05, 4.69) is 20.9 Å². The summed E-state index contributed by atoms with van der Waals surface area (Å²) >= 11 is 9.61. The first-order valence-corrected chi connectivity index (χ1v) is 7.61. The van der Waals surface area contributed by atoms with Gasteiger partial charge in [0, 0.05) is 10.7 Å². The maximum atomic E-state index is 6.27. The van der Waals surface area contributed by atoms with Crippen LogP contribution in [0.5, 0.6) is 11.5 Å². The van der Waals surface area contributed by atoms with Crippen molar-refractivity contribution in [3.05, 3.63) is 51.2 Å². The van der Waals surface area contributed by atoms with Gasteiger partial charge >= 0.3 is 0 Å². The lowest BCUT2D eigenvalue weighted by molar-refractivity contribution is 0.280. The van der Waals surface area contributed by atoms with Crippen molar-refractivity contribution < 1.29 is 9.47 Å². The number of rotatable bonds is 6. The van der Waals surface area contributed by atoms with Crippen molar-refractivity contribution in [2.75, 3.05) is 13.7 Å². The summed E-state index contributed by atoms with van der Waals surface area (Å²) in [5, 5.41) is 0.509. The molecule has 0 aliphatic heterocycles. The van der Waals surface area contributed by atoms with Crippen molar-refractivity contribution in [3.8, 4) is 11.5 Å². The van der Waals surface area contributed by atoms with Gasteiger partial charge in [0.05, 0.1) is 17.8 Å². The van der Waals surface area contributed by atoms with Crippen LogP contribution in [0, 0.1) is 0 Å². The second-order valence-electron chi connectivity index (χ2n) is 4.40. The molecule has 0 spiro atoms. The molecule has 2 aromatic rings. The van der Waals surface area contributed by atoms with Gasteiger partial charge in [0.15, 0.2) is 11.5 Å². The number of ether oxygens (including phenoxy) is 2. The summed E-state index contributed by atoms with van der Waals surface area (Å²) in [4.78, 5) is 4.25. The molecule has 0 atom stereocenters. The van der Waals surface area contributed by atoms with Gasteiger partial charge in [0.25, 0.3) is 0 Å². The minimum atomic E-state index is 0.319. The number of halogens is 2. The van der Waals surface area contributed by atoms with Crippen LogP contribution in [0.25, 0.3) is 0 Å². The first-order valence-electron chi connectivity index (χ1n) is 6.43. The topological polar surface area (TPSA) is 57.4 Å². The molecule has 0 aliphatic rings. The fourth-order valence-corrected chi connectivity index (χ4v) is 2.38. The van der Waals surface area contributed by atoms with Crippen molar-refractivity contribution >= 4 is 27.5 Å². The molecule has 0 saturated carbocycles. The molecule has 2 rings (SSSR count). The molecule has 1 heterocycles. The normalized spacial score (nSPS) is 10.5. The van der Waals surface area contributed by atoms with Crippen LogP contribution >= 0.6 is 27.5 Å². The van der Waals surface area contributed by atoms with Gasteiger partial charge in [-0.05, 0) is 58.7 Å². The van der Waals surface area contributed by atoms with Crippen LogP contribution < -0.4 is 15.2 Å². The van der Waals surface area contributed by atoms with Gasteiger partial charge in [0.1, 0.15) is 6.61 Å². The van der Waals surface area contributed by atoms with Gasteiger partial charge in [-0.25, -0.2) is 0 Å². The number of benzene rings is 1. The van der Waals surface area contributed by atoms with Gasteiger partial charge in [-0.1, -0.05) is 11.6 Å². The Kier molecular flexibility index (Phi) is 5.85. The fourth-order valence-electron chi connectivity index (χ4n) is 1.86. The van der Waals surface area contributed by atoms with E-state index in [0.717, 1.165) is 22.2 Å². The standard InChI is InChI=1S/C15H16BrClN2O2/c1-20-14-7-10(4-5-18)6-13(17)15(14)21-9-12-3-2-11(16)8-19-12/h2-3,6-8H,4-5,9,18H2,1H3. The minimum absolute atomic E-state index is 0.319. The monoisotopic (exact) mass is 370 g/mol. The average molecular weight is 372 g/mol. The molecular weight excluding hydrogens is 356 g/mol. The van der Waals surface area contributed by atoms with E-state index in [-0.39, 0.29) is 0 Å². The SMILES string of the molecule is COc1cc(CCN)cc(Cl)c1OCc1ccc(Br)cn1. The van der Waals surface area contributed by atoms with Crippen LogP contribution in [0.15, 0.2) is 34.9 Å². The zero-order valence-electron chi connectivity index (χ0n) is 11.6. The number of aromatic nitrogens is 1. The zero-order chi connectivity index (χ0) is 15.2. The van der Waals surface area contributed by atoms with Crippen molar-refractivity contribution in [1.82, 2.24) is 4.98 Å². The van der Waals surface area contributed by atoms with Crippen molar-refractivity contribution in [2.24, 2.45) is 5.73 Å². The third-order valence-electron chi connectivity index (χ3n) is 2.88. The number of methoxy groups -OCH3 is 1. The van der Waals surface area contributed by atoms with Crippen molar-refractivity contribution in [1.29, 1.82) is 0 Å². The first kappa shape index (κ1) is 16.1. The lowest BCUT2D eigenvalue weighted by Gasteiger charge is -2.14. The Bertz CT molecular complexity index is 605. The summed E-state index contributed by atoms with van der Waals surface area (Å²) in [6.07, 6.45) is 2.46. The lowest BCUT2D eigenvalue weighted by atomic mass is 10.1. The maximum absolute atomic E-state index is 6.27. The molecule has 0 unspecified atom stereocenters. The van der Waals surface area contributed by atoms with Gasteiger partial charge in [-0.2, -0.15) is 0 Å². The predicted molar refractivity (Wildman–Crippen MR) is 87.0 cm³/mol. The number of hydrogen-bond donors (Lipinski definition) is 1. The highest BCUT2D eigenvalue weighted by Crippen LogP contribution is 2.37. The third-order valence-corrected chi connectivity index (χ3v) is 3.63. The Balaban J connectivity index is 2.16. The molecule has 0 amide bonds. The van der Waals surface area contributed by atoms with E-state index in [9.17, 15) is 0 Å². The highest BCUT2D eigenvalue weighted by atomic mass is 79.9. The number of hydrogen-bond acceptors (Lipinski definition) is 4. The van der Waals surface area contributed by atoms with E-state index in [1.165, 1.54) is 0 Å². The van der Waals surface area contributed by atoms with E-state index in [1.54, 1.807) is 13.3 Å². The number of nitrogens with zero attached hydrogens (tertiary/aromatic N) is 1. The Hall–Kier alpha value is -1.30. The molecule has 6 heteroatoms. The molecule has 2 N–H and O–H groups in total. The molecule has 112 valence electrons. The second kappa shape index (κ2) is 7.64. The molecule has 0 aliphatic carbocycles. The van der Waals surface area contributed by atoms with Crippen molar-refractivity contribution in [3.63, 3.8) is 0 Å². The van der Waals surface area contributed by atoms with Crippen LogP contribution in [0.3, 0.4) is 0 Å².